The Hall–Kier alpha value is -2.81. The number of nitrogens with zero attached hydrogens (tertiary/aromatic N) is 1. The molecular formula is C19H16N2O. The minimum Gasteiger partial charge on any atom is -0.497 e. The number of nitrogens with one attached hydrogen (secondary N) is 1. The standard InChI is InChI=1S/C19H16N2O/c1-22-16-9-8-13-10-15(7-6-14(13)11-16)19-12-20-17-4-2-3-5-18(17)21-19/h2-11,20H,12H2,1H3. The van der Waals surface area contributed by atoms with Crippen molar-refractivity contribution in [2.45, 2.75) is 0 Å². The van der Waals surface area contributed by atoms with E-state index >= 15 is 0 Å². The molecule has 3 nitrogen and oxygen atoms in total. The third-order valence-corrected chi connectivity index (χ3v) is 3.99. The molecule has 0 bridgehead atoms. The van der Waals surface area contributed by atoms with Crippen molar-refractivity contribution in [3.63, 3.8) is 0 Å². The summed E-state index contributed by atoms with van der Waals surface area (Å²) in [5.74, 6) is 0.880. The number of hydrogen-bond donors (Lipinski definition) is 1. The number of anilines is 1. The summed E-state index contributed by atoms with van der Waals surface area (Å²) < 4.78 is 5.27. The molecular weight excluding hydrogens is 272 g/mol. The zero-order chi connectivity index (χ0) is 14.9. The number of fused-ring (bicyclic) bond motifs is 2. The lowest BCUT2D eigenvalue weighted by molar-refractivity contribution is 0.415. The average Bonchev–Trinajstić information content (AvgIpc) is 2.60. The van der Waals surface area contributed by atoms with Gasteiger partial charge in [-0.2, -0.15) is 0 Å². The monoisotopic (exact) mass is 288 g/mol. The number of para-hydroxylation sites is 2. The maximum atomic E-state index is 5.27. The topological polar surface area (TPSA) is 33.6 Å². The molecule has 0 radical (unpaired) electrons. The lowest BCUT2D eigenvalue weighted by Gasteiger charge is -2.18. The second-order valence-corrected chi connectivity index (χ2v) is 5.36. The van der Waals surface area contributed by atoms with Crippen molar-refractivity contribution in [3.8, 4) is 5.75 Å². The van der Waals surface area contributed by atoms with E-state index in [0.29, 0.717) is 0 Å². The van der Waals surface area contributed by atoms with E-state index in [1.165, 1.54) is 10.8 Å². The van der Waals surface area contributed by atoms with Crippen molar-refractivity contribution >= 4 is 27.9 Å². The molecule has 3 aromatic rings. The lowest BCUT2D eigenvalue weighted by atomic mass is 10.0. The fourth-order valence-corrected chi connectivity index (χ4v) is 2.78. The number of ether oxygens (including phenoxy) is 1. The highest BCUT2D eigenvalue weighted by atomic mass is 16.5. The molecule has 0 amide bonds. The summed E-state index contributed by atoms with van der Waals surface area (Å²) in [5, 5.41) is 5.79. The molecule has 0 aliphatic carbocycles. The Kier molecular flexibility index (Phi) is 3.04. The molecule has 0 atom stereocenters. The zero-order valence-corrected chi connectivity index (χ0v) is 12.3. The molecule has 108 valence electrons. The SMILES string of the molecule is COc1ccc2cc(C3=Nc4ccccc4NC3)ccc2c1. The lowest BCUT2D eigenvalue weighted by Crippen LogP contribution is -2.18. The van der Waals surface area contributed by atoms with Crippen LogP contribution in [0.3, 0.4) is 0 Å². The number of hydrogen-bond acceptors (Lipinski definition) is 3. The largest absolute Gasteiger partial charge is 0.497 e. The summed E-state index contributed by atoms with van der Waals surface area (Å²) in [6, 6.07) is 20.7. The Balaban J connectivity index is 1.77. The van der Waals surface area contributed by atoms with Crippen LogP contribution in [0.5, 0.6) is 5.75 Å². The van der Waals surface area contributed by atoms with Crippen LogP contribution < -0.4 is 10.1 Å². The number of benzene rings is 3. The Morgan fingerprint density at radius 1 is 0.955 bits per heavy atom. The molecule has 1 N–H and O–H groups in total. The molecule has 0 saturated heterocycles. The van der Waals surface area contributed by atoms with Crippen LogP contribution in [0.25, 0.3) is 10.8 Å². The second-order valence-electron chi connectivity index (χ2n) is 5.36. The van der Waals surface area contributed by atoms with Gasteiger partial charge in [0.2, 0.25) is 0 Å². The van der Waals surface area contributed by atoms with Crippen LogP contribution in [0, 0.1) is 0 Å². The Morgan fingerprint density at radius 3 is 2.68 bits per heavy atom. The predicted molar refractivity (Wildman–Crippen MR) is 91.6 cm³/mol. The maximum absolute atomic E-state index is 5.27. The van der Waals surface area contributed by atoms with Crippen LogP contribution in [0.1, 0.15) is 5.56 Å². The molecule has 0 saturated carbocycles. The van der Waals surface area contributed by atoms with Gasteiger partial charge >= 0.3 is 0 Å². The Morgan fingerprint density at radius 2 is 1.77 bits per heavy atom. The van der Waals surface area contributed by atoms with Gasteiger partial charge in [-0.25, -0.2) is 4.99 Å². The highest BCUT2D eigenvalue weighted by molar-refractivity contribution is 6.09. The van der Waals surface area contributed by atoms with E-state index in [1.807, 2.05) is 24.3 Å². The van der Waals surface area contributed by atoms with E-state index in [1.54, 1.807) is 7.11 Å². The number of methoxy groups -OCH3 is 1. The van der Waals surface area contributed by atoms with Crippen LogP contribution in [-0.2, 0) is 0 Å². The smallest absolute Gasteiger partial charge is 0.119 e. The van der Waals surface area contributed by atoms with Crippen molar-refractivity contribution in [2.24, 2.45) is 4.99 Å². The predicted octanol–water partition coefficient (Wildman–Crippen LogP) is 4.39. The molecule has 22 heavy (non-hydrogen) atoms. The van der Waals surface area contributed by atoms with E-state index < -0.39 is 0 Å². The van der Waals surface area contributed by atoms with Gasteiger partial charge < -0.3 is 10.1 Å². The van der Waals surface area contributed by atoms with Crippen LogP contribution in [0.15, 0.2) is 65.7 Å². The van der Waals surface area contributed by atoms with E-state index in [4.69, 9.17) is 9.73 Å². The van der Waals surface area contributed by atoms with Gasteiger partial charge in [0.25, 0.3) is 0 Å². The van der Waals surface area contributed by atoms with Gasteiger partial charge in [-0.3, -0.25) is 0 Å². The van der Waals surface area contributed by atoms with Gasteiger partial charge in [0.1, 0.15) is 5.75 Å². The molecule has 0 fully saturated rings. The molecule has 0 unspecified atom stereocenters. The minimum atomic E-state index is 0.749. The number of rotatable bonds is 2. The van der Waals surface area contributed by atoms with E-state index in [9.17, 15) is 0 Å². The summed E-state index contributed by atoms with van der Waals surface area (Å²) in [7, 11) is 1.69. The summed E-state index contributed by atoms with van der Waals surface area (Å²) in [6.45, 7) is 0.749. The zero-order valence-electron chi connectivity index (χ0n) is 12.3. The molecule has 1 aliphatic heterocycles. The van der Waals surface area contributed by atoms with Crippen molar-refractivity contribution in [3.05, 3.63) is 66.2 Å². The quantitative estimate of drug-likeness (QED) is 0.758. The molecule has 1 aliphatic rings. The van der Waals surface area contributed by atoms with Gasteiger partial charge in [-0.15, -0.1) is 0 Å². The van der Waals surface area contributed by atoms with Gasteiger partial charge in [-0.05, 0) is 46.7 Å². The fraction of sp³-hybridized carbons (Fsp3) is 0.105. The minimum absolute atomic E-state index is 0.749. The molecule has 0 aromatic heterocycles. The van der Waals surface area contributed by atoms with Crippen molar-refractivity contribution < 1.29 is 4.74 Å². The normalized spacial score (nSPS) is 13.2. The van der Waals surface area contributed by atoms with Crippen molar-refractivity contribution in [1.82, 2.24) is 0 Å². The maximum Gasteiger partial charge on any atom is 0.119 e. The van der Waals surface area contributed by atoms with Crippen LogP contribution >= 0.6 is 0 Å². The highest BCUT2D eigenvalue weighted by Gasteiger charge is 2.12. The third-order valence-electron chi connectivity index (χ3n) is 3.99. The Bertz CT molecular complexity index is 883. The van der Waals surface area contributed by atoms with E-state index in [-0.39, 0.29) is 0 Å². The first kappa shape index (κ1) is 12.9. The first-order valence-corrected chi connectivity index (χ1v) is 7.32. The second kappa shape index (κ2) is 5.19. The molecule has 3 aromatic carbocycles. The van der Waals surface area contributed by atoms with Gasteiger partial charge in [-0.1, -0.05) is 30.3 Å². The van der Waals surface area contributed by atoms with Crippen molar-refractivity contribution in [2.75, 3.05) is 19.0 Å². The van der Waals surface area contributed by atoms with E-state index in [0.717, 1.165) is 34.9 Å². The first-order chi connectivity index (χ1) is 10.8. The molecule has 3 heteroatoms. The van der Waals surface area contributed by atoms with Crippen molar-refractivity contribution in [1.29, 1.82) is 0 Å². The van der Waals surface area contributed by atoms with Crippen LogP contribution in [-0.4, -0.2) is 19.4 Å². The van der Waals surface area contributed by atoms with Crippen LogP contribution in [0.2, 0.25) is 0 Å². The van der Waals surface area contributed by atoms with Crippen LogP contribution in [0.4, 0.5) is 11.4 Å². The highest BCUT2D eigenvalue weighted by Crippen LogP contribution is 2.29. The summed E-state index contributed by atoms with van der Waals surface area (Å²) in [5.41, 5.74) is 4.31. The molecule has 4 rings (SSSR count). The third kappa shape index (κ3) is 2.21. The summed E-state index contributed by atoms with van der Waals surface area (Å²) in [4.78, 5) is 4.79. The average molecular weight is 288 g/mol. The summed E-state index contributed by atoms with van der Waals surface area (Å²) >= 11 is 0. The van der Waals surface area contributed by atoms with Gasteiger partial charge in [0, 0.05) is 0 Å². The number of aliphatic imine (C=N–C) groups is 1. The molecule has 0 spiro atoms. The van der Waals surface area contributed by atoms with E-state index in [2.05, 4.69) is 41.7 Å². The summed E-state index contributed by atoms with van der Waals surface area (Å²) in [6.07, 6.45) is 0. The molecule has 1 heterocycles. The fourth-order valence-electron chi connectivity index (χ4n) is 2.78. The Labute approximate surface area is 129 Å². The first-order valence-electron chi connectivity index (χ1n) is 7.32. The van der Waals surface area contributed by atoms with Gasteiger partial charge in [0.05, 0.1) is 30.7 Å². The van der Waals surface area contributed by atoms with Gasteiger partial charge in [0.15, 0.2) is 0 Å².